The summed E-state index contributed by atoms with van der Waals surface area (Å²) in [6.45, 7) is 0. The minimum atomic E-state index is -0.762. The lowest BCUT2D eigenvalue weighted by atomic mass is 10.1. The van der Waals surface area contributed by atoms with Crippen molar-refractivity contribution in [2.75, 3.05) is 12.4 Å². The van der Waals surface area contributed by atoms with Gasteiger partial charge in [-0.1, -0.05) is 0 Å². The minimum absolute atomic E-state index is 0.758. The molecular formula is C9H10N2O2. The van der Waals surface area contributed by atoms with Crippen molar-refractivity contribution < 1.29 is 9.84 Å². The highest BCUT2D eigenvalue weighted by molar-refractivity contribution is 5.80. The van der Waals surface area contributed by atoms with Crippen molar-refractivity contribution in [2.45, 2.75) is 6.23 Å². The zero-order valence-electron chi connectivity index (χ0n) is 7.19. The summed E-state index contributed by atoms with van der Waals surface area (Å²) in [5.74, 6) is 0.758. The van der Waals surface area contributed by atoms with Gasteiger partial charge in [0.1, 0.15) is 5.75 Å². The highest BCUT2D eigenvalue weighted by Crippen LogP contribution is 2.29. The average Bonchev–Trinajstić information content (AvgIpc) is 2.18. The number of nitrogens with zero attached hydrogens (tertiary/aromatic N) is 1. The maximum absolute atomic E-state index is 9.45. The second-order valence-corrected chi connectivity index (χ2v) is 2.75. The van der Waals surface area contributed by atoms with Gasteiger partial charge < -0.3 is 15.2 Å². The van der Waals surface area contributed by atoms with Crippen LogP contribution in [0.5, 0.6) is 5.75 Å². The Kier molecular flexibility index (Phi) is 1.90. The summed E-state index contributed by atoms with van der Waals surface area (Å²) >= 11 is 0. The SMILES string of the molecule is COc1ccc2c(c1)NC=NC2O. The smallest absolute Gasteiger partial charge is 0.174 e. The molecule has 0 saturated carbocycles. The molecule has 0 radical (unpaired) electrons. The van der Waals surface area contributed by atoms with Gasteiger partial charge in [-0.05, 0) is 12.1 Å². The van der Waals surface area contributed by atoms with Crippen LogP contribution in [0.15, 0.2) is 23.2 Å². The van der Waals surface area contributed by atoms with Gasteiger partial charge in [-0.3, -0.25) is 0 Å². The van der Waals surface area contributed by atoms with Gasteiger partial charge >= 0.3 is 0 Å². The molecule has 0 fully saturated rings. The molecule has 1 aliphatic rings. The van der Waals surface area contributed by atoms with E-state index in [0.29, 0.717) is 0 Å². The highest BCUT2D eigenvalue weighted by Gasteiger charge is 2.14. The zero-order chi connectivity index (χ0) is 9.26. The van der Waals surface area contributed by atoms with Gasteiger partial charge in [-0.15, -0.1) is 0 Å². The van der Waals surface area contributed by atoms with Gasteiger partial charge in [0.2, 0.25) is 0 Å². The topological polar surface area (TPSA) is 53.8 Å². The average molecular weight is 178 g/mol. The summed E-state index contributed by atoms with van der Waals surface area (Å²) in [5, 5.41) is 12.4. The van der Waals surface area contributed by atoms with Crippen LogP contribution in [0.25, 0.3) is 0 Å². The van der Waals surface area contributed by atoms with Crippen LogP contribution in [0.1, 0.15) is 11.8 Å². The minimum Gasteiger partial charge on any atom is -0.497 e. The van der Waals surface area contributed by atoms with Crippen molar-refractivity contribution in [3.05, 3.63) is 23.8 Å². The maximum atomic E-state index is 9.45. The molecule has 1 unspecified atom stereocenters. The number of aliphatic hydroxyl groups is 1. The van der Waals surface area contributed by atoms with Crippen LogP contribution in [0.3, 0.4) is 0 Å². The molecule has 1 aliphatic heterocycles. The maximum Gasteiger partial charge on any atom is 0.174 e. The fourth-order valence-electron chi connectivity index (χ4n) is 1.27. The number of nitrogens with one attached hydrogen (secondary N) is 1. The molecule has 13 heavy (non-hydrogen) atoms. The van der Waals surface area contributed by atoms with Crippen LogP contribution in [0.2, 0.25) is 0 Å². The first-order valence-electron chi connectivity index (χ1n) is 3.95. The number of rotatable bonds is 1. The third-order valence-electron chi connectivity index (χ3n) is 1.97. The second kappa shape index (κ2) is 3.06. The fraction of sp³-hybridized carbons (Fsp3) is 0.222. The summed E-state index contributed by atoms with van der Waals surface area (Å²) in [4.78, 5) is 3.81. The molecule has 4 nitrogen and oxygen atoms in total. The monoisotopic (exact) mass is 178 g/mol. The normalized spacial score (nSPS) is 19.1. The summed E-state index contributed by atoms with van der Waals surface area (Å²) in [5.41, 5.74) is 1.60. The number of anilines is 1. The molecule has 68 valence electrons. The van der Waals surface area contributed by atoms with E-state index in [2.05, 4.69) is 10.3 Å². The molecule has 1 aromatic rings. The van der Waals surface area contributed by atoms with Gasteiger partial charge in [-0.25, -0.2) is 4.99 Å². The number of hydrogen-bond donors (Lipinski definition) is 2. The standard InChI is InChI=1S/C9H10N2O2/c1-13-6-2-3-7-8(4-6)10-5-11-9(7)12/h2-5,9,12H,1H3,(H,10,11). The van der Waals surface area contributed by atoms with E-state index in [0.717, 1.165) is 17.0 Å². The lowest BCUT2D eigenvalue weighted by Gasteiger charge is -2.17. The Labute approximate surface area is 75.9 Å². The van der Waals surface area contributed by atoms with Gasteiger partial charge in [0, 0.05) is 11.6 Å². The van der Waals surface area contributed by atoms with E-state index >= 15 is 0 Å². The summed E-state index contributed by atoms with van der Waals surface area (Å²) in [6.07, 6.45) is 0.717. The van der Waals surface area contributed by atoms with Gasteiger partial charge in [0.25, 0.3) is 0 Å². The lowest BCUT2D eigenvalue weighted by Crippen LogP contribution is -2.09. The van der Waals surface area contributed by atoms with Gasteiger partial charge in [-0.2, -0.15) is 0 Å². The number of hydrogen-bond acceptors (Lipinski definition) is 4. The Morgan fingerprint density at radius 2 is 2.38 bits per heavy atom. The van der Waals surface area contributed by atoms with Crippen molar-refractivity contribution in [3.8, 4) is 5.75 Å². The molecule has 0 amide bonds. The quantitative estimate of drug-likeness (QED) is 0.678. The van der Waals surface area contributed by atoms with Crippen molar-refractivity contribution in [3.63, 3.8) is 0 Å². The second-order valence-electron chi connectivity index (χ2n) is 2.75. The van der Waals surface area contributed by atoms with E-state index in [1.54, 1.807) is 19.2 Å². The van der Waals surface area contributed by atoms with Crippen LogP contribution >= 0.6 is 0 Å². The van der Waals surface area contributed by atoms with Crippen LogP contribution in [0, 0.1) is 0 Å². The number of aliphatic imine (C=N–C) groups is 1. The van der Waals surface area contributed by atoms with E-state index in [9.17, 15) is 5.11 Å². The largest absolute Gasteiger partial charge is 0.497 e. The molecule has 4 heteroatoms. The Morgan fingerprint density at radius 1 is 1.54 bits per heavy atom. The van der Waals surface area contributed by atoms with E-state index in [1.165, 1.54) is 6.34 Å². The van der Waals surface area contributed by atoms with Gasteiger partial charge in [0.05, 0.1) is 19.1 Å². The number of benzene rings is 1. The first kappa shape index (κ1) is 8.07. The molecule has 0 spiro atoms. The highest BCUT2D eigenvalue weighted by atomic mass is 16.5. The molecule has 0 aromatic heterocycles. The molecule has 2 N–H and O–H groups in total. The Hall–Kier alpha value is -1.55. The lowest BCUT2D eigenvalue weighted by molar-refractivity contribution is 0.189. The van der Waals surface area contributed by atoms with Crippen LogP contribution < -0.4 is 10.1 Å². The van der Waals surface area contributed by atoms with Crippen LogP contribution in [-0.4, -0.2) is 18.6 Å². The number of ether oxygens (including phenoxy) is 1. The molecule has 1 atom stereocenters. The third kappa shape index (κ3) is 1.36. The first-order chi connectivity index (χ1) is 6.31. The fourth-order valence-corrected chi connectivity index (χ4v) is 1.27. The molecule has 1 heterocycles. The molecule has 0 saturated heterocycles. The predicted molar refractivity (Wildman–Crippen MR) is 50.1 cm³/mol. The van der Waals surface area contributed by atoms with E-state index in [1.807, 2.05) is 6.07 Å². The van der Waals surface area contributed by atoms with Crippen molar-refractivity contribution in [1.82, 2.24) is 0 Å². The van der Waals surface area contributed by atoms with Gasteiger partial charge in [0.15, 0.2) is 6.23 Å². The zero-order valence-corrected chi connectivity index (χ0v) is 7.19. The molecule has 1 aromatic carbocycles. The molecular weight excluding hydrogens is 168 g/mol. The van der Waals surface area contributed by atoms with Crippen LogP contribution in [-0.2, 0) is 0 Å². The van der Waals surface area contributed by atoms with E-state index in [-0.39, 0.29) is 0 Å². The molecule has 0 bridgehead atoms. The summed E-state index contributed by atoms with van der Waals surface area (Å²) < 4.78 is 5.05. The molecule has 2 rings (SSSR count). The van der Waals surface area contributed by atoms with Crippen LogP contribution in [0.4, 0.5) is 5.69 Å². The van der Waals surface area contributed by atoms with Crippen molar-refractivity contribution in [2.24, 2.45) is 4.99 Å². The summed E-state index contributed by atoms with van der Waals surface area (Å²) in [6, 6.07) is 5.41. The van der Waals surface area contributed by atoms with E-state index < -0.39 is 6.23 Å². The number of fused-ring (bicyclic) bond motifs is 1. The Balaban J connectivity index is 2.43. The first-order valence-corrected chi connectivity index (χ1v) is 3.95. The third-order valence-corrected chi connectivity index (χ3v) is 1.97. The molecule has 0 aliphatic carbocycles. The predicted octanol–water partition coefficient (Wildman–Crippen LogP) is 1.14. The Bertz CT molecular complexity index is 349. The summed E-state index contributed by atoms with van der Waals surface area (Å²) in [7, 11) is 1.61. The van der Waals surface area contributed by atoms with Crippen molar-refractivity contribution >= 4 is 12.0 Å². The number of methoxy groups -OCH3 is 1. The van der Waals surface area contributed by atoms with E-state index in [4.69, 9.17) is 4.74 Å². The van der Waals surface area contributed by atoms with Crippen molar-refractivity contribution in [1.29, 1.82) is 0 Å². The number of aliphatic hydroxyl groups excluding tert-OH is 1. The Morgan fingerprint density at radius 3 is 3.15 bits per heavy atom.